The highest BCUT2D eigenvalue weighted by molar-refractivity contribution is 6.02. The fourth-order valence-electron chi connectivity index (χ4n) is 1.22. The van der Waals surface area contributed by atoms with Crippen LogP contribution in [0.5, 0.6) is 0 Å². The van der Waals surface area contributed by atoms with Gasteiger partial charge < -0.3 is 9.47 Å². The van der Waals surface area contributed by atoms with Gasteiger partial charge in [-0.3, -0.25) is 9.59 Å². The van der Waals surface area contributed by atoms with Crippen molar-refractivity contribution in [1.82, 2.24) is 0 Å². The highest BCUT2D eigenvalue weighted by atomic mass is 16.5. The second-order valence-corrected chi connectivity index (χ2v) is 3.79. The lowest BCUT2D eigenvalue weighted by atomic mass is 9.89. The first-order valence-electron chi connectivity index (χ1n) is 5.16. The number of hydrogen-bond acceptors (Lipinski definition) is 4. The minimum atomic E-state index is -0.937. The Kier molecular flexibility index (Phi) is 5.50. The molecule has 0 bridgehead atoms. The van der Waals surface area contributed by atoms with Crippen molar-refractivity contribution in [1.29, 1.82) is 0 Å². The Hall–Kier alpha value is -0.900. The molecule has 0 aromatic rings. The van der Waals surface area contributed by atoms with E-state index in [9.17, 15) is 9.59 Å². The Labute approximate surface area is 90.9 Å². The van der Waals surface area contributed by atoms with Gasteiger partial charge in [0.1, 0.15) is 11.5 Å². The molecule has 0 radical (unpaired) electrons. The third kappa shape index (κ3) is 3.63. The van der Waals surface area contributed by atoms with Gasteiger partial charge in [-0.05, 0) is 27.2 Å². The van der Waals surface area contributed by atoms with Crippen LogP contribution in [0.4, 0.5) is 0 Å². The fraction of sp³-hybridized carbons (Fsp3) is 0.818. The zero-order valence-electron chi connectivity index (χ0n) is 10.1. The molecule has 0 aromatic carbocycles. The largest absolute Gasteiger partial charge is 0.465 e. The molecular weight excluding hydrogens is 196 g/mol. The summed E-state index contributed by atoms with van der Waals surface area (Å²) in [5.74, 6) is -1.42. The van der Waals surface area contributed by atoms with Crippen LogP contribution in [0.2, 0.25) is 0 Å². The Morgan fingerprint density at radius 2 is 1.80 bits per heavy atom. The lowest BCUT2D eigenvalue weighted by molar-refractivity contribution is -0.158. The second-order valence-electron chi connectivity index (χ2n) is 3.79. The van der Waals surface area contributed by atoms with Gasteiger partial charge in [0, 0.05) is 7.11 Å². The van der Waals surface area contributed by atoms with Gasteiger partial charge in [-0.2, -0.15) is 0 Å². The van der Waals surface area contributed by atoms with E-state index in [1.165, 1.54) is 7.11 Å². The molecule has 0 N–H and O–H groups in total. The van der Waals surface area contributed by atoms with Crippen molar-refractivity contribution in [3.63, 3.8) is 0 Å². The summed E-state index contributed by atoms with van der Waals surface area (Å²) >= 11 is 0. The van der Waals surface area contributed by atoms with Gasteiger partial charge in [0.05, 0.1) is 6.61 Å². The molecular formula is C11H20O4. The number of carbonyl (C=O) groups excluding carboxylic acids is 2. The van der Waals surface area contributed by atoms with Crippen molar-refractivity contribution in [3.05, 3.63) is 0 Å². The van der Waals surface area contributed by atoms with Gasteiger partial charge in [-0.25, -0.2) is 0 Å². The summed E-state index contributed by atoms with van der Waals surface area (Å²) in [5.41, 5.74) is -0.937. The summed E-state index contributed by atoms with van der Waals surface area (Å²) < 4.78 is 9.89. The molecule has 1 unspecified atom stereocenters. The van der Waals surface area contributed by atoms with Gasteiger partial charge in [-0.15, -0.1) is 0 Å². The maximum absolute atomic E-state index is 11.9. The van der Waals surface area contributed by atoms with Crippen molar-refractivity contribution in [3.8, 4) is 0 Å². The standard InChI is InChI=1S/C11H20O4/c1-6-8(10(13)15-7-2)9(12)11(3,4)14-5/h8H,6-7H2,1-5H3. The molecule has 0 spiro atoms. The minimum absolute atomic E-state index is 0.231. The molecule has 88 valence electrons. The van der Waals surface area contributed by atoms with Crippen molar-refractivity contribution >= 4 is 11.8 Å². The van der Waals surface area contributed by atoms with Gasteiger partial charge >= 0.3 is 5.97 Å². The Morgan fingerprint density at radius 1 is 1.27 bits per heavy atom. The second kappa shape index (κ2) is 5.85. The van der Waals surface area contributed by atoms with Crippen LogP contribution in [-0.2, 0) is 19.1 Å². The van der Waals surface area contributed by atoms with Crippen LogP contribution < -0.4 is 0 Å². The number of ketones is 1. The van der Waals surface area contributed by atoms with E-state index in [0.717, 1.165) is 0 Å². The average molecular weight is 216 g/mol. The quantitative estimate of drug-likeness (QED) is 0.499. The van der Waals surface area contributed by atoms with Crippen LogP contribution in [0.1, 0.15) is 34.1 Å². The minimum Gasteiger partial charge on any atom is -0.465 e. The van der Waals surface area contributed by atoms with E-state index in [2.05, 4.69) is 0 Å². The summed E-state index contributed by atoms with van der Waals surface area (Å²) in [6.45, 7) is 7.09. The normalized spacial score (nSPS) is 13.4. The zero-order chi connectivity index (χ0) is 12.1. The Balaban J connectivity index is 4.68. The highest BCUT2D eigenvalue weighted by Gasteiger charge is 2.37. The van der Waals surface area contributed by atoms with Crippen LogP contribution in [0.15, 0.2) is 0 Å². The van der Waals surface area contributed by atoms with Crippen molar-refractivity contribution < 1.29 is 19.1 Å². The molecule has 0 aliphatic carbocycles. The van der Waals surface area contributed by atoms with Crippen molar-refractivity contribution in [2.75, 3.05) is 13.7 Å². The molecule has 0 saturated carbocycles. The smallest absolute Gasteiger partial charge is 0.316 e. The molecule has 0 rings (SSSR count). The maximum Gasteiger partial charge on any atom is 0.316 e. The molecule has 0 aliphatic heterocycles. The van der Waals surface area contributed by atoms with E-state index in [4.69, 9.17) is 9.47 Å². The summed E-state index contributed by atoms with van der Waals surface area (Å²) in [6.07, 6.45) is 0.435. The number of Topliss-reactive ketones (excluding diaryl/α,β-unsaturated/α-hetero) is 1. The molecule has 0 aromatic heterocycles. The van der Waals surface area contributed by atoms with E-state index in [0.29, 0.717) is 6.42 Å². The van der Waals surface area contributed by atoms with Gasteiger partial charge in [0.15, 0.2) is 5.78 Å². The Bertz CT molecular complexity index is 233. The summed E-state index contributed by atoms with van der Waals surface area (Å²) in [7, 11) is 1.45. The third-order valence-electron chi connectivity index (χ3n) is 2.40. The van der Waals surface area contributed by atoms with Crippen LogP contribution in [-0.4, -0.2) is 31.1 Å². The number of carbonyl (C=O) groups is 2. The van der Waals surface area contributed by atoms with Gasteiger partial charge in [0.25, 0.3) is 0 Å². The number of methoxy groups -OCH3 is 1. The average Bonchev–Trinajstić information content (AvgIpc) is 2.19. The predicted molar refractivity (Wildman–Crippen MR) is 56.5 cm³/mol. The first-order chi connectivity index (χ1) is 6.90. The topological polar surface area (TPSA) is 52.6 Å². The molecule has 15 heavy (non-hydrogen) atoms. The predicted octanol–water partition coefficient (Wildman–Crippen LogP) is 1.57. The maximum atomic E-state index is 11.9. The van der Waals surface area contributed by atoms with Crippen molar-refractivity contribution in [2.24, 2.45) is 5.92 Å². The highest BCUT2D eigenvalue weighted by Crippen LogP contribution is 2.19. The first kappa shape index (κ1) is 14.1. The first-order valence-corrected chi connectivity index (χ1v) is 5.16. The number of esters is 1. The fourth-order valence-corrected chi connectivity index (χ4v) is 1.22. The molecule has 1 atom stereocenters. The number of hydrogen-bond donors (Lipinski definition) is 0. The van der Waals surface area contributed by atoms with Gasteiger partial charge in [0.2, 0.25) is 0 Å². The summed E-state index contributed by atoms with van der Waals surface area (Å²) in [6, 6.07) is 0. The van der Waals surface area contributed by atoms with Crippen molar-refractivity contribution in [2.45, 2.75) is 39.7 Å². The summed E-state index contributed by atoms with van der Waals surface area (Å²) in [4.78, 5) is 23.4. The van der Waals surface area contributed by atoms with E-state index in [1.54, 1.807) is 27.7 Å². The molecule has 0 heterocycles. The number of ether oxygens (including phenoxy) is 2. The van der Waals surface area contributed by atoms with Crippen LogP contribution in [0.3, 0.4) is 0 Å². The van der Waals surface area contributed by atoms with E-state index < -0.39 is 17.5 Å². The SMILES string of the molecule is CCOC(=O)C(CC)C(=O)C(C)(C)OC. The monoisotopic (exact) mass is 216 g/mol. The van der Waals surface area contributed by atoms with Crippen LogP contribution in [0, 0.1) is 5.92 Å². The molecule has 0 amide bonds. The molecule has 4 nitrogen and oxygen atoms in total. The lowest BCUT2D eigenvalue weighted by Crippen LogP contribution is -2.42. The number of rotatable bonds is 6. The zero-order valence-corrected chi connectivity index (χ0v) is 10.1. The molecule has 0 saturated heterocycles. The van der Waals surface area contributed by atoms with E-state index in [1.807, 2.05) is 0 Å². The van der Waals surface area contributed by atoms with E-state index in [-0.39, 0.29) is 12.4 Å². The third-order valence-corrected chi connectivity index (χ3v) is 2.40. The van der Waals surface area contributed by atoms with Gasteiger partial charge in [-0.1, -0.05) is 6.92 Å². The van der Waals surface area contributed by atoms with Crippen LogP contribution >= 0.6 is 0 Å². The van der Waals surface area contributed by atoms with Crippen LogP contribution in [0.25, 0.3) is 0 Å². The lowest BCUT2D eigenvalue weighted by Gasteiger charge is -2.25. The van der Waals surface area contributed by atoms with E-state index >= 15 is 0 Å². The Morgan fingerprint density at radius 3 is 2.13 bits per heavy atom. The summed E-state index contributed by atoms with van der Waals surface area (Å²) in [5, 5.41) is 0. The molecule has 0 aliphatic rings. The molecule has 4 heteroatoms. The molecule has 0 fully saturated rings.